The summed E-state index contributed by atoms with van der Waals surface area (Å²) in [4.78, 5) is 0. The van der Waals surface area contributed by atoms with Crippen molar-refractivity contribution in [3.8, 4) is 0 Å². The van der Waals surface area contributed by atoms with Crippen molar-refractivity contribution in [3.05, 3.63) is 0 Å². The molecule has 0 aromatic rings. The molecule has 0 atom stereocenters. The first-order chi connectivity index (χ1) is 3.72. The highest BCUT2D eigenvalue weighted by Gasteiger charge is 1.98. The maximum Gasteiger partial charge on any atom is 0.186 e. The van der Waals surface area contributed by atoms with Crippen LogP contribution < -0.4 is 5.73 Å². The van der Waals surface area contributed by atoms with Crippen molar-refractivity contribution in [3.63, 3.8) is 0 Å². The quantitative estimate of drug-likeness (QED) is 0.492. The van der Waals surface area contributed by atoms with E-state index in [0.29, 0.717) is 5.11 Å². The van der Waals surface area contributed by atoms with Gasteiger partial charge in [0.2, 0.25) is 0 Å². The standard InChI is InChI=1S/C3H8N2S3/c1-7-5(8-2)3(4)6/h1-2H3,(H2,4,6). The Morgan fingerprint density at radius 1 is 1.50 bits per heavy atom. The molecule has 0 aliphatic rings. The normalized spacial score (nSPS) is 8.75. The van der Waals surface area contributed by atoms with Gasteiger partial charge in [0.05, 0.1) is 0 Å². The lowest BCUT2D eigenvalue weighted by Gasteiger charge is -2.13. The molecule has 0 spiro atoms. The number of nitrogens with zero attached hydrogens (tertiary/aromatic N) is 1. The average molecular weight is 168 g/mol. The fourth-order valence-corrected chi connectivity index (χ4v) is 1.66. The summed E-state index contributed by atoms with van der Waals surface area (Å²) in [6, 6.07) is 0. The molecule has 5 heteroatoms. The molecule has 0 rings (SSSR count). The van der Waals surface area contributed by atoms with Gasteiger partial charge in [-0.2, -0.15) is 0 Å². The minimum Gasteiger partial charge on any atom is -0.375 e. The van der Waals surface area contributed by atoms with E-state index in [9.17, 15) is 0 Å². The molecule has 8 heavy (non-hydrogen) atoms. The maximum atomic E-state index is 5.27. The van der Waals surface area contributed by atoms with Gasteiger partial charge in [-0.05, 0) is 36.1 Å². The lowest BCUT2D eigenvalue weighted by atomic mass is 11.2. The zero-order valence-electron chi connectivity index (χ0n) is 4.75. The van der Waals surface area contributed by atoms with Gasteiger partial charge in [0.1, 0.15) is 0 Å². The van der Waals surface area contributed by atoms with Crippen LogP contribution in [0.4, 0.5) is 0 Å². The van der Waals surface area contributed by atoms with Crippen LogP contribution in [0.15, 0.2) is 0 Å². The first-order valence-electron chi connectivity index (χ1n) is 1.90. The first kappa shape index (κ1) is 8.39. The van der Waals surface area contributed by atoms with Crippen LogP contribution in [0.1, 0.15) is 0 Å². The SMILES string of the molecule is CSN(SC)C(N)=S. The van der Waals surface area contributed by atoms with Crippen molar-refractivity contribution >= 4 is 41.2 Å². The minimum absolute atomic E-state index is 0.421. The second kappa shape index (κ2) is 4.29. The molecule has 0 aromatic carbocycles. The van der Waals surface area contributed by atoms with Crippen LogP contribution in [0, 0.1) is 0 Å². The molecule has 0 bridgehead atoms. The molecule has 0 saturated heterocycles. The summed E-state index contributed by atoms with van der Waals surface area (Å²) >= 11 is 7.69. The molecule has 0 unspecified atom stereocenters. The molecular weight excluding hydrogens is 160 g/mol. The van der Waals surface area contributed by atoms with Gasteiger partial charge >= 0.3 is 0 Å². The van der Waals surface area contributed by atoms with Crippen LogP contribution in [0.2, 0.25) is 0 Å². The molecule has 2 nitrogen and oxygen atoms in total. The van der Waals surface area contributed by atoms with Crippen molar-refractivity contribution < 1.29 is 0 Å². The van der Waals surface area contributed by atoms with E-state index in [-0.39, 0.29) is 0 Å². The minimum atomic E-state index is 0.421. The monoisotopic (exact) mass is 168 g/mol. The third-order valence-electron chi connectivity index (χ3n) is 0.512. The van der Waals surface area contributed by atoms with Gasteiger partial charge in [0, 0.05) is 12.5 Å². The topological polar surface area (TPSA) is 29.3 Å². The Balaban J connectivity index is 3.52. The molecule has 0 radical (unpaired) electrons. The third kappa shape index (κ3) is 2.64. The molecule has 0 fully saturated rings. The summed E-state index contributed by atoms with van der Waals surface area (Å²) in [6.45, 7) is 0. The highest BCUT2D eigenvalue weighted by atomic mass is 32.2. The van der Waals surface area contributed by atoms with E-state index >= 15 is 0 Å². The zero-order chi connectivity index (χ0) is 6.57. The van der Waals surface area contributed by atoms with E-state index in [4.69, 9.17) is 5.73 Å². The molecular formula is C3H8N2S3. The molecule has 0 amide bonds. The van der Waals surface area contributed by atoms with E-state index in [1.54, 1.807) is 3.71 Å². The Labute approximate surface area is 63.4 Å². The van der Waals surface area contributed by atoms with Crippen LogP contribution in [-0.2, 0) is 0 Å². The van der Waals surface area contributed by atoms with E-state index in [2.05, 4.69) is 12.2 Å². The third-order valence-corrected chi connectivity index (χ3v) is 2.88. The second-order valence-corrected chi connectivity index (χ2v) is 3.07. The van der Waals surface area contributed by atoms with E-state index in [1.165, 1.54) is 23.9 Å². The lowest BCUT2D eigenvalue weighted by Crippen LogP contribution is -2.22. The summed E-state index contributed by atoms with van der Waals surface area (Å²) in [5, 5.41) is 0.421. The second-order valence-electron chi connectivity index (χ2n) is 0.960. The van der Waals surface area contributed by atoms with Crippen molar-refractivity contribution in [2.75, 3.05) is 12.5 Å². The number of hydrogen-bond donors (Lipinski definition) is 1. The highest BCUT2D eigenvalue weighted by molar-refractivity contribution is 8.13. The summed E-state index contributed by atoms with van der Waals surface area (Å²) < 4.78 is 1.76. The summed E-state index contributed by atoms with van der Waals surface area (Å²) in [5.41, 5.74) is 5.27. The highest BCUT2D eigenvalue weighted by Crippen LogP contribution is 2.14. The van der Waals surface area contributed by atoms with Crippen LogP contribution >= 0.6 is 36.1 Å². The fourth-order valence-electron chi connectivity index (χ4n) is 0.254. The first-order valence-corrected chi connectivity index (χ1v) is 4.67. The largest absolute Gasteiger partial charge is 0.375 e. The van der Waals surface area contributed by atoms with Gasteiger partial charge in [0.15, 0.2) is 5.11 Å². The number of nitrogens with two attached hydrogens (primary N) is 1. The van der Waals surface area contributed by atoms with Crippen molar-refractivity contribution in [1.82, 2.24) is 3.71 Å². The maximum absolute atomic E-state index is 5.27. The van der Waals surface area contributed by atoms with Crippen LogP contribution in [0.3, 0.4) is 0 Å². The smallest absolute Gasteiger partial charge is 0.186 e. The van der Waals surface area contributed by atoms with Crippen LogP contribution in [0.25, 0.3) is 0 Å². The molecule has 0 heterocycles. The predicted molar refractivity (Wildman–Crippen MR) is 45.7 cm³/mol. The van der Waals surface area contributed by atoms with Crippen molar-refractivity contribution in [2.45, 2.75) is 0 Å². The molecule has 48 valence electrons. The Hall–Kier alpha value is 0.390. The summed E-state index contributed by atoms with van der Waals surface area (Å²) in [7, 11) is 0. The van der Waals surface area contributed by atoms with E-state index in [1.807, 2.05) is 12.5 Å². The van der Waals surface area contributed by atoms with E-state index in [0.717, 1.165) is 0 Å². The molecule has 0 aliphatic carbocycles. The van der Waals surface area contributed by atoms with Crippen molar-refractivity contribution in [2.24, 2.45) is 5.73 Å². The number of thiocarbonyl (C=S) groups is 1. The number of rotatable bonds is 2. The average Bonchev–Trinajstić information content (AvgIpc) is 1.69. The van der Waals surface area contributed by atoms with Crippen LogP contribution in [-0.4, -0.2) is 21.3 Å². The summed E-state index contributed by atoms with van der Waals surface area (Å²) in [6.07, 6.45) is 3.85. The molecule has 0 aromatic heterocycles. The Bertz CT molecular complexity index is 80.6. The van der Waals surface area contributed by atoms with E-state index < -0.39 is 0 Å². The molecule has 0 saturated carbocycles. The van der Waals surface area contributed by atoms with Gasteiger partial charge in [-0.15, -0.1) is 0 Å². The Morgan fingerprint density at radius 2 is 1.88 bits per heavy atom. The van der Waals surface area contributed by atoms with Crippen molar-refractivity contribution in [1.29, 1.82) is 0 Å². The van der Waals surface area contributed by atoms with Gasteiger partial charge in [-0.3, -0.25) is 0 Å². The van der Waals surface area contributed by atoms with Gasteiger partial charge in [-0.1, -0.05) is 0 Å². The lowest BCUT2D eigenvalue weighted by molar-refractivity contribution is 1.15. The van der Waals surface area contributed by atoms with Crippen LogP contribution in [0.5, 0.6) is 0 Å². The predicted octanol–water partition coefficient (Wildman–Crippen LogP) is 1.09. The number of hydrogen-bond acceptors (Lipinski definition) is 3. The fraction of sp³-hybridized carbons (Fsp3) is 0.667. The zero-order valence-corrected chi connectivity index (χ0v) is 7.20. The Kier molecular flexibility index (Phi) is 4.50. The molecule has 2 N–H and O–H groups in total. The van der Waals surface area contributed by atoms with Gasteiger partial charge in [0.25, 0.3) is 0 Å². The van der Waals surface area contributed by atoms with Gasteiger partial charge in [-0.25, -0.2) is 3.71 Å². The summed E-state index contributed by atoms with van der Waals surface area (Å²) in [5.74, 6) is 0. The Morgan fingerprint density at radius 3 is 1.88 bits per heavy atom. The molecule has 0 aliphatic heterocycles. The van der Waals surface area contributed by atoms with Gasteiger partial charge < -0.3 is 5.73 Å².